The van der Waals surface area contributed by atoms with Crippen LogP contribution in [-0.2, 0) is 0 Å². The SMILES string of the molecule is COc1ccccc1[C@@H]1C[C@H]1CO. The summed E-state index contributed by atoms with van der Waals surface area (Å²) in [5, 5.41) is 8.96. The largest absolute Gasteiger partial charge is 0.496 e. The van der Waals surface area contributed by atoms with E-state index in [-0.39, 0.29) is 0 Å². The van der Waals surface area contributed by atoms with Crippen molar-refractivity contribution in [1.29, 1.82) is 0 Å². The second-order valence-electron chi connectivity index (χ2n) is 3.53. The van der Waals surface area contributed by atoms with Crippen molar-refractivity contribution in [1.82, 2.24) is 0 Å². The van der Waals surface area contributed by atoms with E-state index in [0.717, 1.165) is 12.2 Å². The normalized spacial score (nSPS) is 25.7. The molecule has 1 aliphatic carbocycles. The Morgan fingerprint density at radius 3 is 2.85 bits per heavy atom. The van der Waals surface area contributed by atoms with Gasteiger partial charge in [0.05, 0.1) is 7.11 Å². The molecule has 1 aromatic rings. The molecule has 0 aromatic heterocycles. The monoisotopic (exact) mass is 178 g/mol. The Kier molecular flexibility index (Phi) is 2.23. The van der Waals surface area contributed by atoms with E-state index in [4.69, 9.17) is 9.84 Å². The summed E-state index contributed by atoms with van der Waals surface area (Å²) in [7, 11) is 1.69. The Balaban J connectivity index is 2.20. The minimum Gasteiger partial charge on any atom is -0.496 e. The van der Waals surface area contributed by atoms with Crippen molar-refractivity contribution in [2.75, 3.05) is 13.7 Å². The average Bonchev–Trinajstić information content (AvgIpc) is 2.96. The van der Waals surface area contributed by atoms with Crippen molar-refractivity contribution in [3.63, 3.8) is 0 Å². The van der Waals surface area contributed by atoms with Gasteiger partial charge in [0.1, 0.15) is 5.75 Å². The quantitative estimate of drug-likeness (QED) is 0.764. The van der Waals surface area contributed by atoms with E-state index < -0.39 is 0 Å². The Bertz CT molecular complexity index is 296. The van der Waals surface area contributed by atoms with E-state index in [9.17, 15) is 0 Å². The van der Waals surface area contributed by atoms with Crippen LogP contribution in [0, 0.1) is 5.92 Å². The van der Waals surface area contributed by atoms with E-state index in [1.165, 1.54) is 5.56 Å². The third-order valence-corrected chi connectivity index (χ3v) is 2.70. The number of aliphatic hydroxyl groups is 1. The first-order valence-corrected chi connectivity index (χ1v) is 4.60. The lowest BCUT2D eigenvalue weighted by molar-refractivity contribution is 0.273. The highest BCUT2D eigenvalue weighted by atomic mass is 16.5. The van der Waals surface area contributed by atoms with Gasteiger partial charge in [-0.15, -0.1) is 0 Å². The van der Waals surface area contributed by atoms with E-state index in [1.807, 2.05) is 18.2 Å². The smallest absolute Gasteiger partial charge is 0.122 e. The Morgan fingerprint density at radius 2 is 2.23 bits per heavy atom. The minimum atomic E-state index is 0.294. The summed E-state index contributed by atoms with van der Waals surface area (Å²) < 4.78 is 5.26. The summed E-state index contributed by atoms with van der Waals surface area (Å²) in [6.45, 7) is 0.294. The molecule has 0 heterocycles. The number of aliphatic hydroxyl groups excluding tert-OH is 1. The number of hydrogen-bond donors (Lipinski definition) is 1. The molecular weight excluding hydrogens is 164 g/mol. The maximum Gasteiger partial charge on any atom is 0.122 e. The zero-order valence-corrected chi connectivity index (χ0v) is 7.73. The van der Waals surface area contributed by atoms with Crippen molar-refractivity contribution < 1.29 is 9.84 Å². The van der Waals surface area contributed by atoms with Crippen molar-refractivity contribution in [3.05, 3.63) is 29.8 Å². The molecule has 0 aliphatic heterocycles. The van der Waals surface area contributed by atoms with Crippen molar-refractivity contribution in [2.45, 2.75) is 12.3 Å². The van der Waals surface area contributed by atoms with Gasteiger partial charge in [-0.2, -0.15) is 0 Å². The van der Waals surface area contributed by atoms with E-state index in [2.05, 4.69) is 6.07 Å². The number of hydrogen-bond acceptors (Lipinski definition) is 2. The van der Waals surface area contributed by atoms with Crippen LogP contribution in [0.25, 0.3) is 0 Å². The summed E-state index contributed by atoms with van der Waals surface area (Å²) in [6.07, 6.45) is 1.09. The van der Waals surface area contributed by atoms with Crippen LogP contribution < -0.4 is 4.74 Å². The molecule has 1 aliphatic rings. The van der Waals surface area contributed by atoms with Gasteiger partial charge in [-0.3, -0.25) is 0 Å². The first kappa shape index (κ1) is 8.57. The third kappa shape index (κ3) is 1.54. The molecule has 0 amide bonds. The molecule has 0 radical (unpaired) electrons. The molecule has 0 spiro atoms. The first-order chi connectivity index (χ1) is 6.36. The number of methoxy groups -OCH3 is 1. The van der Waals surface area contributed by atoms with Crippen LogP contribution >= 0.6 is 0 Å². The molecule has 2 nitrogen and oxygen atoms in total. The molecule has 0 saturated heterocycles. The van der Waals surface area contributed by atoms with E-state index in [1.54, 1.807) is 7.11 Å². The van der Waals surface area contributed by atoms with Crippen LogP contribution in [0.5, 0.6) is 5.75 Å². The fourth-order valence-corrected chi connectivity index (χ4v) is 1.80. The molecule has 0 unspecified atom stereocenters. The zero-order valence-electron chi connectivity index (χ0n) is 7.73. The van der Waals surface area contributed by atoms with Gasteiger partial charge in [0, 0.05) is 6.61 Å². The number of benzene rings is 1. The highest BCUT2D eigenvalue weighted by molar-refractivity contribution is 5.39. The molecule has 2 rings (SSSR count). The van der Waals surface area contributed by atoms with E-state index in [0.29, 0.717) is 18.4 Å². The van der Waals surface area contributed by atoms with Gasteiger partial charge in [0.2, 0.25) is 0 Å². The zero-order chi connectivity index (χ0) is 9.26. The lowest BCUT2D eigenvalue weighted by Gasteiger charge is -2.06. The van der Waals surface area contributed by atoms with Gasteiger partial charge in [-0.05, 0) is 29.9 Å². The predicted molar refractivity (Wildman–Crippen MR) is 50.9 cm³/mol. The van der Waals surface area contributed by atoms with Gasteiger partial charge in [0.15, 0.2) is 0 Å². The highest BCUT2D eigenvalue weighted by Gasteiger charge is 2.39. The minimum absolute atomic E-state index is 0.294. The molecule has 1 saturated carbocycles. The number of ether oxygens (including phenoxy) is 1. The number of para-hydroxylation sites is 1. The third-order valence-electron chi connectivity index (χ3n) is 2.70. The van der Waals surface area contributed by atoms with Crippen molar-refractivity contribution in [2.24, 2.45) is 5.92 Å². The molecule has 2 heteroatoms. The van der Waals surface area contributed by atoms with Crippen LogP contribution in [0.1, 0.15) is 17.9 Å². The van der Waals surface area contributed by atoms with Gasteiger partial charge in [-0.1, -0.05) is 18.2 Å². The second-order valence-corrected chi connectivity index (χ2v) is 3.53. The van der Waals surface area contributed by atoms with Gasteiger partial charge in [-0.25, -0.2) is 0 Å². The molecular formula is C11H14O2. The fourth-order valence-electron chi connectivity index (χ4n) is 1.80. The summed E-state index contributed by atoms with van der Waals surface area (Å²) >= 11 is 0. The van der Waals surface area contributed by atoms with Crippen molar-refractivity contribution in [3.8, 4) is 5.75 Å². The van der Waals surface area contributed by atoms with Crippen LogP contribution in [0.4, 0.5) is 0 Å². The maximum absolute atomic E-state index is 8.96. The van der Waals surface area contributed by atoms with Gasteiger partial charge < -0.3 is 9.84 Å². The highest BCUT2D eigenvalue weighted by Crippen LogP contribution is 2.49. The summed E-state index contributed by atoms with van der Waals surface area (Å²) in [6, 6.07) is 8.05. The van der Waals surface area contributed by atoms with Crippen LogP contribution in [0.3, 0.4) is 0 Å². The molecule has 0 bridgehead atoms. The summed E-state index contributed by atoms with van der Waals surface area (Å²) in [4.78, 5) is 0. The van der Waals surface area contributed by atoms with Crippen LogP contribution in [0.2, 0.25) is 0 Å². The lowest BCUT2D eigenvalue weighted by atomic mass is 10.1. The average molecular weight is 178 g/mol. The standard InChI is InChI=1S/C11H14O2/c1-13-11-5-3-2-4-9(11)10-6-8(10)7-12/h2-5,8,10,12H,6-7H2,1H3/t8-,10+/m0/s1. The Labute approximate surface area is 78.2 Å². The van der Waals surface area contributed by atoms with Gasteiger partial charge in [0.25, 0.3) is 0 Å². The van der Waals surface area contributed by atoms with Gasteiger partial charge >= 0.3 is 0 Å². The maximum atomic E-state index is 8.96. The van der Waals surface area contributed by atoms with E-state index >= 15 is 0 Å². The topological polar surface area (TPSA) is 29.5 Å². The lowest BCUT2D eigenvalue weighted by Crippen LogP contribution is -1.92. The Morgan fingerprint density at radius 1 is 1.46 bits per heavy atom. The number of rotatable bonds is 3. The molecule has 13 heavy (non-hydrogen) atoms. The molecule has 1 N–H and O–H groups in total. The Hall–Kier alpha value is -1.02. The molecule has 70 valence electrons. The molecule has 1 fully saturated rings. The first-order valence-electron chi connectivity index (χ1n) is 4.60. The molecule has 2 atom stereocenters. The fraction of sp³-hybridized carbons (Fsp3) is 0.455. The van der Waals surface area contributed by atoms with Crippen LogP contribution in [-0.4, -0.2) is 18.8 Å². The summed E-state index contributed by atoms with van der Waals surface area (Å²) in [5.41, 5.74) is 1.24. The predicted octanol–water partition coefficient (Wildman–Crippen LogP) is 1.79. The summed E-state index contributed by atoms with van der Waals surface area (Å²) in [5.74, 6) is 1.92. The van der Waals surface area contributed by atoms with Crippen molar-refractivity contribution >= 4 is 0 Å². The second kappa shape index (κ2) is 3.38. The molecule has 1 aromatic carbocycles. The van der Waals surface area contributed by atoms with Crippen LogP contribution in [0.15, 0.2) is 24.3 Å².